The summed E-state index contributed by atoms with van der Waals surface area (Å²) in [6, 6.07) is 68.4. The fourth-order valence-electron chi connectivity index (χ4n) is 12.0. The molecular weight excluding hydrogens is 749 g/mol. The molecule has 0 saturated heterocycles. The topological polar surface area (TPSA) is 9.72 Å². The van der Waals surface area contributed by atoms with Crippen molar-refractivity contribution in [3.05, 3.63) is 199 Å². The lowest BCUT2D eigenvalue weighted by Crippen LogP contribution is -2.64. The Kier molecular flexibility index (Phi) is 8.28. The van der Waals surface area contributed by atoms with Crippen LogP contribution >= 0.6 is 0 Å². The number of rotatable bonds is 6. The highest BCUT2D eigenvalue weighted by Crippen LogP contribution is 2.62. The highest BCUT2D eigenvalue weighted by Gasteiger charge is 2.61. The standard InChI is InChI=1S/C58H50BN3/c1-39-19-11-13-29-50(39)61(51-30-14-12-20-40(51)2)46-37-53-55-54(38-46)62-56-47(57(3)33-15-16-34-58(57,62)4)27-18-28-49(56)59(55)48-32-31-44(42-23-9-6-10-24-42)36-52(48)60(53)45-26-17-25-43(35-45)41-21-7-5-8-22-41/h5-14,17-32,35-38H,15-16,33-34H2,1-4H3. The van der Waals surface area contributed by atoms with Crippen LogP contribution in [0.3, 0.4) is 0 Å². The van der Waals surface area contributed by atoms with E-state index in [0.717, 1.165) is 12.1 Å². The minimum atomic E-state index is -0.0906. The molecule has 2 atom stereocenters. The molecule has 62 heavy (non-hydrogen) atoms. The van der Waals surface area contributed by atoms with Gasteiger partial charge in [-0.2, -0.15) is 0 Å². The Labute approximate surface area is 367 Å². The molecule has 8 aromatic carbocycles. The molecule has 0 aromatic heterocycles. The van der Waals surface area contributed by atoms with Gasteiger partial charge in [-0.1, -0.05) is 159 Å². The van der Waals surface area contributed by atoms with Gasteiger partial charge in [-0.15, -0.1) is 0 Å². The van der Waals surface area contributed by atoms with Crippen molar-refractivity contribution in [3.8, 4) is 22.3 Å². The summed E-state index contributed by atoms with van der Waals surface area (Å²) < 4.78 is 0. The zero-order chi connectivity index (χ0) is 41.7. The van der Waals surface area contributed by atoms with E-state index in [4.69, 9.17) is 0 Å². The van der Waals surface area contributed by atoms with Gasteiger partial charge in [0.2, 0.25) is 0 Å². The maximum Gasteiger partial charge on any atom is 0.252 e. The van der Waals surface area contributed by atoms with E-state index in [1.165, 1.54) is 114 Å². The van der Waals surface area contributed by atoms with Gasteiger partial charge >= 0.3 is 0 Å². The molecule has 8 aromatic rings. The van der Waals surface area contributed by atoms with E-state index in [1.54, 1.807) is 0 Å². The van der Waals surface area contributed by atoms with Crippen molar-refractivity contribution in [1.82, 2.24) is 0 Å². The number of hydrogen-bond acceptors (Lipinski definition) is 3. The molecule has 2 unspecified atom stereocenters. The van der Waals surface area contributed by atoms with E-state index in [0.29, 0.717) is 0 Å². The summed E-state index contributed by atoms with van der Waals surface area (Å²) in [5.74, 6) is 0. The second kappa shape index (κ2) is 13.9. The Morgan fingerprint density at radius 2 is 1.10 bits per heavy atom. The summed E-state index contributed by atoms with van der Waals surface area (Å²) in [5, 5.41) is 0. The number of aryl methyl sites for hydroxylation is 2. The third-order valence-electron chi connectivity index (χ3n) is 15.2. The molecule has 3 nitrogen and oxygen atoms in total. The smallest absolute Gasteiger partial charge is 0.252 e. The van der Waals surface area contributed by atoms with Crippen LogP contribution in [-0.4, -0.2) is 12.3 Å². The summed E-state index contributed by atoms with van der Waals surface area (Å²) in [4.78, 5) is 7.99. The minimum absolute atomic E-state index is 0.0163. The molecule has 0 spiro atoms. The lowest BCUT2D eigenvalue weighted by Gasteiger charge is -2.53. The monoisotopic (exact) mass is 799 g/mol. The number of fused-ring (bicyclic) bond motifs is 7. The van der Waals surface area contributed by atoms with E-state index in [1.807, 2.05) is 0 Å². The van der Waals surface area contributed by atoms with Crippen LogP contribution in [0, 0.1) is 13.8 Å². The number of nitrogens with zero attached hydrogens (tertiary/aromatic N) is 3. The van der Waals surface area contributed by atoms with Gasteiger partial charge < -0.3 is 14.7 Å². The Morgan fingerprint density at radius 1 is 0.500 bits per heavy atom. The molecule has 4 aliphatic rings. The Bertz CT molecular complexity index is 3020. The van der Waals surface area contributed by atoms with Crippen molar-refractivity contribution in [2.24, 2.45) is 0 Å². The maximum atomic E-state index is 2.85. The van der Waals surface area contributed by atoms with Crippen molar-refractivity contribution in [2.75, 3.05) is 14.7 Å². The third-order valence-corrected chi connectivity index (χ3v) is 15.2. The quantitative estimate of drug-likeness (QED) is 0.155. The van der Waals surface area contributed by atoms with E-state index in [-0.39, 0.29) is 17.7 Å². The van der Waals surface area contributed by atoms with Crippen LogP contribution in [0.2, 0.25) is 0 Å². The van der Waals surface area contributed by atoms with Crippen molar-refractivity contribution >= 4 is 68.6 Å². The summed E-state index contributed by atoms with van der Waals surface area (Å²) in [6.07, 6.45) is 4.84. The van der Waals surface area contributed by atoms with E-state index in [2.05, 4.69) is 224 Å². The van der Waals surface area contributed by atoms with Crippen LogP contribution in [0.5, 0.6) is 0 Å². The number of para-hydroxylation sites is 3. The van der Waals surface area contributed by atoms with Crippen molar-refractivity contribution < 1.29 is 0 Å². The molecule has 4 heteroatoms. The lowest BCUT2D eigenvalue weighted by molar-refractivity contribution is 0.195. The number of benzene rings is 8. The van der Waals surface area contributed by atoms with Crippen LogP contribution in [-0.2, 0) is 5.41 Å². The largest absolute Gasteiger partial charge is 0.335 e. The molecule has 0 amide bonds. The highest BCUT2D eigenvalue weighted by molar-refractivity contribution is 7.00. The van der Waals surface area contributed by atoms with Gasteiger partial charge in [-0.3, -0.25) is 0 Å². The zero-order valence-corrected chi connectivity index (χ0v) is 36.1. The Morgan fingerprint density at radius 3 is 1.79 bits per heavy atom. The predicted octanol–water partition coefficient (Wildman–Crippen LogP) is 13.5. The van der Waals surface area contributed by atoms with Crippen molar-refractivity contribution in [1.29, 1.82) is 0 Å². The van der Waals surface area contributed by atoms with Crippen LogP contribution in [0.25, 0.3) is 22.3 Å². The molecule has 300 valence electrons. The first-order chi connectivity index (χ1) is 30.3. The van der Waals surface area contributed by atoms with Crippen LogP contribution in [0.4, 0.5) is 45.5 Å². The van der Waals surface area contributed by atoms with Crippen molar-refractivity contribution in [3.63, 3.8) is 0 Å². The highest BCUT2D eigenvalue weighted by atomic mass is 15.3. The van der Waals surface area contributed by atoms with E-state index in [9.17, 15) is 0 Å². The lowest BCUT2D eigenvalue weighted by atomic mass is 9.33. The Balaban J connectivity index is 1.22. The first-order valence-corrected chi connectivity index (χ1v) is 22.5. The molecule has 0 bridgehead atoms. The summed E-state index contributed by atoms with van der Waals surface area (Å²) >= 11 is 0. The van der Waals surface area contributed by atoms with Gasteiger partial charge in [0.05, 0.1) is 11.2 Å². The Hall–Kier alpha value is -6.78. The van der Waals surface area contributed by atoms with Crippen LogP contribution < -0.4 is 31.1 Å². The molecule has 3 aliphatic heterocycles. The second-order valence-corrected chi connectivity index (χ2v) is 18.5. The minimum Gasteiger partial charge on any atom is -0.335 e. The normalized spacial score (nSPS) is 19.1. The molecule has 1 saturated carbocycles. The van der Waals surface area contributed by atoms with Gasteiger partial charge in [-0.25, -0.2) is 0 Å². The maximum absolute atomic E-state index is 2.85. The fourth-order valence-corrected chi connectivity index (χ4v) is 12.0. The molecule has 1 aliphatic carbocycles. The number of anilines is 8. The van der Waals surface area contributed by atoms with Crippen LogP contribution in [0.1, 0.15) is 56.2 Å². The zero-order valence-electron chi connectivity index (χ0n) is 36.1. The molecular formula is C58H50BN3. The summed E-state index contributed by atoms with van der Waals surface area (Å²) in [7, 11) is 0. The molecule has 0 N–H and O–H groups in total. The molecule has 1 fully saturated rings. The average Bonchev–Trinajstić information content (AvgIpc) is 3.53. The third kappa shape index (κ3) is 5.25. The average molecular weight is 800 g/mol. The number of hydrogen-bond donors (Lipinski definition) is 0. The second-order valence-electron chi connectivity index (χ2n) is 18.5. The first kappa shape index (κ1) is 37.0. The molecule has 3 heterocycles. The summed E-state index contributed by atoms with van der Waals surface area (Å²) in [6.45, 7) is 9.72. The predicted molar refractivity (Wildman–Crippen MR) is 264 cm³/mol. The van der Waals surface area contributed by atoms with Crippen molar-refractivity contribution in [2.45, 2.75) is 64.3 Å². The fraction of sp³-hybridized carbons (Fsp3) is 0.172. The van der Waals surface area contributed by atoms with Gasteiger partial charge in [0.15, 0.2) is 0 Å². The van der Waals surface area contributed by atoms with Gasteiger partial charge in [-0.05, 0) is 131 Å². The van der Waals surface area contributed by atoms with E-state index >= 15 is 0 Å². The van der Waals surface area contributed by atoms with Gasteiger partial charge in [0.1, 0.15) is 0 Å². The molecule has 12 rings (SSSR count). The first-order valence-electron chi connectivity index (χ1n) is 22.5. The van der Waals surface area contributed by atoms with Crippen LogP contribution in [0.15, 0.2) is 182 Å². The SMILES string of the molecule is Cc1ccccc1N(c1cc2c3c(c1)N1c4c(cccc4C4(C)CCCCC14C)B3c1ccc(-c3ccccc3)cc1N2c1cccc(-c2ccccc2)c1)c1ccccc1C. The molecule has 0 radical (unpaired) electrons. The van der Waals surface area contributed by atoms with Gasteiger partial charge in [0.25, 0.3) is 6.71 Å². The van der Waals surface area contributed by atoms with E-state index < -0.39 is 0 Å². The summed E-state index contributed by atoms with van der Waals surface area (Å²) in [5.41, 5.74) is 22.9. The van der Waals surface area contributed by atoms with Gasteiger partial charge in [0, 0.05) is 45.2 Å².